The topological polar surface area (TPSA) is 97.4 Å². The van der Waals surface area contributed by atoms with Crippen LogP contribution in [-0.2, 0) is 38.1 Å². The Morgan fingerprint density at radius 3 is 2.20 bits per heavy atom. The van der Waals surface area contributed by atoms with E-state index in [1.165, 1.54) is 0 Å². The number of carbonyl (C=O) groups excluding carboxylic acids is 3. The van der Waals surface area contributed by atoms with Crippen LogP contribution in [0.5, 0.6) is 0 Å². The van der Waals surface area contributed by atoms with Crippen molar-refractivity contribution < 1.29 is 50.4 Å². The first-order chi connectivity index (χ1) is 13.0. The van der Waals surface area contributed by atoms with Crippen molar-refractivity contribution >= 4 is 17.9 Å². The molecule has 0 aliphatic carbocycles. The van der Waals surface area contributed by atoms with E-state index in [2.05, 4.69) is 4.74 Å². The number of hydrogen-bond acceptors (Lipinski definition) is 8. The van der Waals surface area contributed by atoms with Crippen molar-refractivity contribution in [3.63, 3.8) is 0 Å². The van der Waals surface area contributed by atoms with Crippen LogP contribution >= 0.6 is 0 Å². The first-order valence-electron chi connectivity index (χ1n) is 9.76. The van der Waals surface area contributed by atoms with Gasteiger partial charge in [0.25, 0.3) is 0 Å². The van der Waals surface area contributed by atoms with Crippen molar-refractivity contribution in [3.8, 4) is 0 Å². The summed E-state index contributed by atoms with van der Waals surface area (Å²) in [5, 5.41) is 0. The van der Waals surface area contributed by atoms with E-state index in [0.29, 0.717) is 0 Å². The maximum Gasteiger partial charge on any atom is 0.303 e. The van der Waals surface area contributed by atoms with Gasteiger partial charge < -0.3 is 23.7 Å². The van der Waals surface area contributed by atoms with E-state index in [9.17, 15) is 14.4 Å². The normalized spacial score (nSPS) is 37.4. The molecule has 0 bridgehead atoms. The average Bonchev–Trinajstić information content (AvgIpc) is 2.86. The molecular weight excluding hydrogens is 272 g/mol. The highest BCUT2D eigenvalue weighted by Gasteiger charge is 2.49. The van der Waals surface area contributed by atoms with Crippen LogP contribution in [0.2, 0.25) is 0 Å². The molecule has 1 fully saturated rings. The molecule has 8 heteroatoms. The molecule has 20 heavy (non-hydrogen) atoms. The maximum absolute atomic E-state index is 11.8. The third kappa shape index (κ3) is 4.46. The van der Waals surface area contributed by atoms with Crippen molar-refractivity contribution in [2.24, 2.45) is 0 Å². The predicted octanol–water partition coefficient (Wildman–Crippen LogP) is -0.216. The fourth-order valence-corrected chi connectivity index (χ4v) is 1.69. The van der Waals surface area contributed by atoms with Crippen LogP contribution in [0.25, 0.3) is 0 Å². The molecule has 1 heterocycles. The van der Waals surface area contributed by atoms with Gasteiger partial charge in [-0.05, 0) is 0 Å². The molecule has 0 aromatic heterocycles. The third-order valence-electron chi connectivity index (χ3n) is 2.36. The SMILES string of the molecule is [2H]C([2H])([2H])C(=O)OC[C@H]1OC(OC)[C@H](OC(=O)C([2H])([2H])[2H])[C@H]1OC(=O)C([2H])([2H])[2H]. The van der Waals surface area contributed by atoms with Crippen LogP contribution in [0.4, 0.5) is 0 Å². The lowest BCUT2D eigenvalue weighted by atomic mass is 10.1. The molecule has 1 aliphatic rings. The fraction of sp³-hybridized carbons (Fsp3) is 0.750. The molecule has 0 spiro atoms. The second-order valence-electron chi connectivity index (χ2n) is 3.62. The average molecular weight is 299 g/mol. The summed E-state index contributed by atoms with van der Waals surface area (Å²) in [4.78, 5) is 34.9. The zero-order valence-electron chi connectivity index (χ0n) is 19.3. The molecule has 1 saturated heterocycles. The van der Waals surface area contributed by atoms with Crippen LogP contribution in [0.3, 0.4) is 0 Å². The quantitative estimate of drug-likeness (QED) is 0.508. The Morgan fingerprint density at radius 1 is 1.05 bits per heavy atom. The van der Waals surface area contributed by atoms with Gasteiger partial charge >= 0.3 is 17.9 Å². The Hall–Kier alpha value is -1.67. The first-order valence-corrected chi connectivity index (χ1v) is 5.26. The lowest BCUT2D eigenvalue weighted by molar-refractivity contribution is -0.181. The van der Waals surface area contributed by atoms with E-state index >= 15 is 0 Å². The van der Waals surface area contributed by atoms with E-state index in [-0.39, 0.29) is 0 Å². The Labute approximate surface area is 128 Å². The second-order valence-corrected chi connectivity index (χ2v) is 3.62. The molecule has 1 unspecified atom stereocenters. The summed E-state index contributed by atoms with van der Waals surface area (Å²) in [6.07, 6.45) is -6.57. The lowest BCUT2D eigenvalue weighted by Crippen LogP contribution is -2.41. The molecule has 8 nitrogen and oxygen atoms in total. The molecule has 0 radical (unpaired) electrons. The number of rotatable bonds is 5. The zero-order chi connectivity index (χ0) is 22.8. The molecule has 4 atom stereocenters. The van der Waals surface area contributed by atoms with E-state index < -0.39 is 69.7 Å². The van der Waals surface area contributed by atoms with Gasteiger partial charge in [0.1, 0.15) is 12.7 Å². The Bertz CT molecular complexity index is 626. The molecule has 0 aromatic carbocycles. The summed E-state index contributed by atoms with van der Waals surface area (Å²) in [5.41, 5.74) is 0. The highest BCUT2D eigenvalue weighted by atomic mass is 16.7. The third-order valence-corrected chi connectivity index (χ3v) is 2.36. The maximum atomic E-state index is 11.8. The Kier molecular flexibility index (Phi) is 2.65. The van der Waals surface area contributed by atoms with Gasteiger partial charge in [-0.15, -0.1) is 0 Å². The van der Waals surface area contributed by atoms with Crippen molar-refractivity contribution in [1.82, 2.24) is 0 Å². The number of hydrogen-bond donors (Lipinski definition) is 0. The monoisotopic (exact) mass is 299 g/mol. The molecule has 0 aromatic rings. The van der Waals surface area contributed by atoms with Gasteiger partial charge in [-0.2, -0.15) is 0 Å². The summed E-state index contributed by atoms with van der Waals surface area (Å²) >= 11 is 0. The number of esters is 3. The molecular formula is C12H18O8. The van der Waals surface area contributed by atoms with Crippen molar-refractivity contribution in [2.75, 3.05) is 13.7 Å². The van der Waals surface area contributed by atoms with Crippen LogP contribution in [-0.4, -0.2) is 56.2 Å². The molecule has 0 N–H and O–H groups in total. The Balaban J connectivity index is 3.10. The molecule has 0 saturated carbocycles. The second kappa shape index (κ2) is 7.20. The van der Waals surface area contributed by atoms with E-state index in [4.69, 9.17) is 31.3 Å². The van der Waals surface area contributed by atoms with Crippen LogP contribution in [0.1, 0.15) is 32.9 Å². The van der Waals surface area contributed by atoms with Gasteiger partial charge in [0.15, 0.2) is 18.5 Å². The number of carbonyl (C=O) groups is 3. The van der Waals surface area contributed by atoms with E-state index in [0.717, 1.165) is 7.11 Å². The zero-order valence-corrected chi connectivity index (χ0v) is 10.3. The van der Waals surface area contributed by atoms with Gasteiger partial charge in [0.2, 0.25) is 0 Å². The van der Waals surface area contributed by atoms with Crippen molar-refractivity contribution in [2.45, 2.75) is 45.2 Å². The highest BCUT2D eigenvalue weighted by Crippen LogP contribution is 2.27. The van der Waals surface area contributed by atoms with Crippen LogP contribution in [0, 0.1) is 0 Å². The highest BCUT2D eigenvalue weighted by molar-refractivity contribution is 5.67. The van der Waals surface area contributed by atoms with Gasteiger partial charge in [-0.3, -0.25) is 14.4 Å². The number of methoxy groups -OCH3 is 1. The Morgan fingerprint density at radius 2 is 1.65 bits per heavy atom. The van der Waals surface area contributed by atoms with E-state index in [1.807, 2.05) is 0 Å². The summed E-state index contributed by atoms with van der Waals surface area (Å²) < 4.78 is 87.2. The summed E-state index contributed by atoms with van der Waals surface area (Å²) in [7, 11) is 1.06. The van der Waals surface area contributed by atoms with E-state index in [1.54, 1.807) is 0 Å². The molecule has 0 amide bonds. The minimum Gasteiger partial charge on any atom is -0.463 e. The number of ether oxygens (including phenoxy) is 5. The minimum atomic E-state index is -3.23. The van der Waals surface area contributed by atoms with Gasteiger partial charge in [0, 0.05) is 40.0 Å². The lowest BCUT2D eigenvalue weighted by Gasteiger charge is -2.22. The molecule has 1 aliphatic heterocycles. The fourth-order valence-electron chi connectivity index (χ4n) is 1.69. The first kappa shape index (κ1) is 7.37. The predicted molar refractivity (Wildman–Crippen MR) is 63.4 cm³/mol. The van der Waals surface area contributed by atoms with Crippen LogP contribution in [0.15, 0.2) is 0 Å². The van der Waals surface area contributed by atoms with Crippen LogP contribution < -0.4 is 0 Å². The standard InChI is InChI=1S/C12H18O8/c1-6(13)17-5-9-10(18-7(2)14)11(19-8(3)15)12(16-4)20-9/h9-12H,5H2,1-4H3/t9-,10+,11-,12?/m1/s1/i1D3,2D3,3D3. The summed E-state index contributed by atoms with van der Waals surface area (Å²) in [5.74, 6) is -5.09. The minimum absolute atomic E-state index is 0.849. The summed E-state index contributed by atoms with van der Waals surface area (Å²) in [6.45, 7) is -10.4. The van der Waals surface area contributed by atoms with Crippen molar-refractivity contribution in [3.05, 3.63) is 0 Å². The van der Waals surface area contributed by atoms with Gasteiger partial charge in [0.05, 0.1) is 0 Å². The molecule has 114 valence electrons. The smallest absolute Gasteiger partial charge is 0.303 e. The largest absolute Gasteiger partial charge is 0.463 e. The summed E-state index contributed by atoms with van der Waals surface area (Å²) in [6, 6.07) is 0. The molecule has 1 rings (SSSR count). The van der Waals surface area contributed by atoms with Gasteiger partial charge in [-0.1, -0.05) is 0 Å². The van der Waals surface area contributed by atoms with Crippen molar-refractivity contribution in [1.29, 1.82) is 0 Å². The van der Waals surface area contributed by atoms with Gasteiger partial charge in [-0.25, -0.2) is 0 Å².